The summed E-state index contributed by atoms with van der Waals surface area (Å²) >= 11 is 3.40. The van der Waals surface area contributed by atoms with E-state index in [1.165, 1.54) is 24.1 Å². The van der Waals surface area contributed by atoms with Crippen LogP contribution in [0.4, 0.5) is 11.4 Å². The van der Waals surface area contributed by atoms with Gasteiger partial charge in [0.25, 0.3) is 5.69 Å². The maximum atomic E-state index is 14.1. The second-order valence-corrected chi connectivity index (χ2v) is 12.7. The van der Waals surface area contributed by atoms with Crippen LogP contribution in [0.5, 0.6) is 5.75 Å². The van der Waals surface area contributed by atoms with E-state index < -0.39 is 39.3 Å². The number of methoxy groups -OCH3 is 1. The van der Waals surface area contributed by atoms with E-state index in [1.807, 2.05) is 30.3 Å². The van der Waals surface area contributed by atoms with E-state index in [9.17, 15) is 28.1 Å². The quantitative estimate of drug-likeness (QED) is 0.213. The smallest absolute Gasteiger partial charge is 0.271 e. The number of anilines is 1. The molecule has 11 nitrogen and oxygen atoms in total. The molecule has 0 heterocycles. The van der Waals surface area contributed by atoms with Crippen molar-refractivity contribution in [3.8, 4) is 5.75 Å². The van der Waals surface area contributed by atoms with Gasteiger partial charge in [-0.25, -0.2) is 8.42 Å². The first-order valence-electron chi connectivity index (χ1n) is 13.0. The maximum absolute atomic E-state index is 14.1. The number of ether oxygens (including phenoxy) is 1. The van der Waals surface area contributed by atoms with Crippen molar-refractivity contribution in [3.05, 3.63) is 98.5 Å². The third-order valence-corrected chi connectivity index (χ3v) is 7.94. The second-order valence-electron chi connectivity index (χ2n) is 9.90. The Morgan fingerprint density at radius 3 is 2.21 bits per heavy atom. The highest BCUT2D eigenvalue weighted by Crippen LogP contribution is 2.34. The van der Waals surface area contributed by atoms with Crippen LogP contribution < -0.4 is 14.4 Å². The summed E-state index contributed by atoms with van der Waals surface area (Å²) in [5, 5.41) is 14.4. The van der Waals surface area contributed by atoms with Crippen LogP contribution in [0.15, 0.2) is 77.3 Å². The Balaban J connectivity index is 2.12. The van der Waals surface area contributed by atoms with Crippen LogP contribution in [0, 0.1) is 10.1 Å². The van der Waals surface area contributed by atoms with Crippen molar-refractivity contribution in [3.63, 3.8) is 0 Å². The van der Waals surface area contributed by atoms with Crippen molar-refractivity contribution in [2.75, 3.05) is 24.2 Å². The molecule has 0 aliphatic carbocycles. The van der Waals surface area contributed by atoms with Crippen LogP contribution in [0.3, 0.4) is 0 Å². The minimum absolute atomic E-state index is 0.00119. The summed E-state index contributed by atoms with van der Waals surface area (Å²) in [5.74, 6) is -1.06. The van der Waals surface area contributed by atoms with Crippen LogP contribution in [0.25, 0.3) is 0 Å². The number of rotatable bonds is 13. The molecular weight excluding hydrogens is 628 g/mol. The number of hydrogen-bond acceptors (Lipinski definition) is 7. The lowest BCUT2D eigenvalue weighted by molar-refractivity contribution is -0.384. The van der Waals surface area contributed by atoms with Gasteiger partial charge in [0, 0.05) is 35.6 Å². The number of nitro groups is 1. The van der Waals surface area contributed by atoms with Crippen molar-refractivity contribution in [1.29, 1.82) is 0 Å². The average Bonchev–Trinajstić information content (AvgIpc) is 2.93. The zero-order valence-electron chi connectivity index (χ0n) is 23.7. The first-order valence-corrected chi connectivity index (χ1v) is 15.6. The number of sulfonamides is 1. The second kappa shape index (κ2) is 14.3. The van der Waals surface area contributed by atoms with Crippen molar-refractivity contribution in [2.45, 2.75) is 38.9 Å². The van der Waals surface area contributed by atoms with Gasteiger partial charge in [-0.15, -0.1) is 0 Å². The van der Waals surface area contributed by atoms with Gasteiger partial charge in [-0.05, 0) is 43.2 Å². The fourth-order valence-corrected chi connectivity index (χ4v) is 5.41. The molecule has 0 spiro atoms. The first-order chi connectivity index (χ1) is 19.8. The molecule has 0 aliphatic rings. The summed E-state index contributed by atoms with van der Waals surface area (Å²) in [4.78, 5) is 39.9. The van der Waals surface area contributed by atoms with Gasteiger partial charge < -0.3 is 15.0 Å². The predicted octanol–water partition coefficient (Wildman–Crippen LogP) is 4.30. The number of halogens is 1. The highest BCUT2D eigenvalue weighted by molar-refractivity contribution is 9.10. The van der Waals surface area contributed by atoms with Gasteiger partial charge in [0.15, 0.2) is 0 Å². The SMILES string of the molecule is COc1ccc([N+](=O)[O-])cc1N(CC(=O)N(Cc1ccc(Br)cc1)[C@@H](Cc1ccccc1)C(=O)NC(C)C)S(C)(=O)=O. The fraction of sp³-hybridized carbons (Fsp3) is 0.310. The molecular formula is C29H33BrN4O7S. The Kier molecular flexibility index (Phi) is 11.1. The first kappa shape index (κ1) is 32.5. The lowest BCUT2D eigenvalue weighted by Gasteiger charge is -2.34. The molecule has 0 bridgehead atoms. The van der Waals surface area contributed by atoms with Gasteiger partial charge >= 0.3 is 0 Å². The Morgan fingerprint density at radius 2 is 1.67 bits per heavy atom. The number of amides is 2. The highest BCUT2D eigenvalue weighted by atomic mass is 79.9. The fourth-order valence-electron chi connectivity index (χ4n) is 4.30. The van der Waals surface area contributed by atoms with Gasteiger partial charge in [-0.1, -0.05) is 58.4 Å². The van der Waals surface area contributed by atoms with E-state index in [0.717, 1.165) is 26.7 Å². The van der Waals surface area contributed by atoms with Gasteiger partial charge in [0.1, 0.15) is 24.0 Å². The molecule has 0 unspecified atom stereocenters. The number of carbonyl (C=O) groups is 2. The molecule has 13 heteroatoms. The molecule has 0 saturated heterocycles. The summed E-state index contributed by atoms with van der Waals surface area (Å²) in [6, 6.07) is 18.6. The Morgan fingerprint density at radius 1 is 1.02 bits per heavy atom. The molecule has 42 heavy (non-hydrogen) atoms. The van der Waals surface area contributed by atoms with Gasteiger partial charge in [-0.3, -0.25) is 24.0 Å². The number of nitrogens with one attached hydrogen (secondary N) is 1. The monoisotopic (exact) mass is 660 g/mol. The van der Waals surface area contributed by atoms with Crippen molar-refractivity contribution < 1.29 is 27.7 Å². The van der Waals surface area contributed by atoms with Gasteiger partial charge in [-0.2, -0.15) is 0 Å². The van der Waals surface area contributed by atoms with Gasteiger partial charge in [0.2, 0.25) is 21.8 Å². The van der Waals surface area contributed by atoms with Crippen LogP contribution in [-0.2, 0) is 32.6 Å². The molecule has 0 aliphatic heterocycles. The van der Waals surface area contributed by atoms with Crippen LogP contribution in [-0.4, -0.2) is 62.0 Å². The number of carbonyl (C=O) groups excluding carboxylic acids is 2. The Bertz CT molecular complexity index is 1520. The Hall–Kier alpha value is -3.97. The van der Waals surface area contributed by atoms with Crippen molar-refractivity contribution in [2.24, 2.45) is 0 Å². The largest absolute Gasteiger partial charge is 0.495 e. The van der Waals surface area contributed by atoms with E-state index >= 15 is 0 Å². The summed E-state index contributed by atoms with van der Waals surface area (Å²) in [6.45, 7) is 2.88. The third-order valence-electron chi connectivity index (χ3n) is 6.29. The zero-order valence-corrected chi connectivity index (χ0v) is 26.1. The molecule has 1 N–H and O–H groups in total. The molecule has 0 aromatic heterocycles. The van der Waals surface area contributed by atoms with Gasteiger partial charge in [0.05, 0.1) is 18.3 Å². The third kappa shape index (κ3) is 8.76. The number of hydrogen-bond donors (Lipinski definition) is 1. The average molecular weight is 662 g/mol. The number of non-ortho nitro benzene ring substituents is 1. The minimum atomic E-state index is -4.15. The highest BCUT2D eigenvalue weighted by Gasteiger charge is 2.34. The molecule has 1 atom stereocenters. The standard InChI is InChI=1S/C29H33BrN4O7S/c1-20(2)31-29(36)26(16-21-8-6-5-7-9-21)32(18-22-10-12-23(30)13-11-22)28(35)19-33(42(4,39)40)25-17-24(34(37)38)14-15-27(25)41-3/h5-15,17,20,26H,16,18-19H2,1-4H3,(H,31,36)/t26-/m0/s1. The number of benzene rings is 3. The normalized spacial score (nSPS) is 12.0. The molecule has 0 radical (unpaired) electrons. The summed E-state index contributed by atoms with van der Waals surface area (Å²) in [7, 11) is -2.86. The number of nitro benzene ring substituents is 1. The van der Waals surface area contributed by atoms with Crippen LogP contribution in [0.1, 0.15) is 25.0 Å². The van der Waals surface area contributed by atoms with Crippen molar-refractivity contribution >= 4 is 49.1 Å². The van der Waals surface area contributed by atoms with E-state index in [4.69, 9.17) is 4.74 Å². The van der Waals surface area contributed by atoms with E-state index in [1.54, 1.807) is 38.1 Å². The van der Waals surface area contributed by atoms with E-state index in [0.29, 0.717) is 5.56 Å². The number of nitrogens with zero attached hydrogens (tertiary/aromatic N) is 3. The predicted molar refractivity (Wildman–Crippen MR) is 164 cm³/mol. The lowest BCUT2D eigenvalue weighted by Crippen LogP contribution is -2.54. The van der Waals surface area contributed by atoms with Crippen LogP contribution in [0.2, 0.25) is 0 Å². The minimum Gasteiger partial charge on any atom is -0.495 e. The van der Waals surface area contributed by atoms with Crippen LogP contribution >= 0.6 is 15.9 Å². The molecule has 224 valence electrons. The maximum Gasteiger partial charge on any atom is 0.271 e. The summed E-state index contributed by atoms with van der Waals surface area (Å²) in [5.41, 5.74) is 0.963. The molecule has 0 saturated carbocycles. The van der Waals surface area contributed by atoms with E-state index in [-0.39, 0.29) is 36.1 Å². The molecule has 3 aromatic carbocycles. The lowest BCUT2D eigenvalue weighted by atomic mass is 10.0. The zero-order chi connectivity index (χ0) is 31.0. The summed E-state index contributed by atoms with van der Waals surface area (Å²) < 4.78 is 32.9. The molecule has 3 aromatic rings. The molecule has 0 fully saturated rings. The summed E-state index contributed by atoms with van der Waals surface area (Å²) in [6.07, 6.45) is 1.06. The van der Waals surface area contributed by atoms with E-state index in [2.05, 4.69) is 21.2 Å². The molecule has 3 rings (SSSR count). The van der Waals surface area contributed by atoms with Crippen molar-refractivity contribution in [1.82, 2.24) is 10.2 Å². The topological polar surface area (TPSA) is 139 Å². The molecule has 2 amide bonds. The Labute approximate surface area is 253 Å².